The Morgan fingerprint density at radius 3 is 2.71 bits per heavy atom. The van der Waals surface area contributed by atoms with E-state index in [-0.39, 0.29) is 6.54 Å². The standard InChI is InChI=1S/C14H15F4N3/c15-6-9-21-8-5-13(20-21)19-7-4-11-2-1-3-12(10-11)14(16,17)18/h1-3,5,8,10H,4,6-7,9H2,(H,19,20). The Labute approximate surface area is 119 Å². The number of hydrogen-bond acceptors (Lipinski definition) is 2. The molecule has 1 aromatic heterocycles. The minimum atomic E-state index is -4.32. The fraction of sp³-hybridized carbons (Fsp3) is 0.357. The normalized spacial score (nSPS) is 11.6. The van der Waals surface area contributed by atoms with E-state index in [1.165, 1.54) is 10.7 Å². The molecule has 114 valence electrons. The van der Waals surface area contributed by atoms with E-state index in [0.29, 0.717) is 24.3 Å². The highest BCUT2D eigenvalue weighted by Crippen LogP contribution is 2.29. The predicted octanol–water partition coefficient (Wildman–Crippen LogP) is 3.53. The van der Waals surface area contributed by atoms with Crippen LogP contribution in [0.2, 0.25) is 0 Å². The first-order valence-corrected chi connectivity index (χ1v) is 6.48. The van der Waals surface area contributed by atoms with Gasteiger partial charge in [0.15, 0.2) is 0 Å². The average Bonchev–Trinajstić information content (AvgIpc) is 2.86. The Hall–Kier alpha value is -2.05. The van der Waals surface area contributed by atoms with Gasteiger partial charge < -0.3 is 5.32 Å². The summed E-state index contributed by atoms with van der Waals surface area (Å²) in [6.07, 6.45) is -2.24. The number of nitrogens with zero attached hydrogens (tertiary/aromatic N) is 2. The van der Waals surface area contributed by atoms with Crippen molar-refractivity contribution in [2.24, 2.45) is 0 Å². The molecule has 3 nitrogen and oxygen atoms in total. The maximum atomic E-state index is 12.6. The van der Waals surface area contributed by atoms with Crippen LogP contribution in [0, 0.1) is 0 Å². The number of benzene rings is 1. The van der Waals surface area contributed by atoms with Crippen LogP contribution in [-0.2, 0) is 19.1 Å². The number of alkyl halides is 4. The van der Waals surface area contributed by atoms with Crippen molar-refractivity contribution in [3.8, 4) is 0 Å². The lowest BCUT2D eigenvalue weighted by atomic mass is 10.1. The maximum absolute atomic E-state index is 12.6. The van der Waals surface area contributed by atoms with Gasteiger partial charge in [-0.25, -0.2) is 4.39 Å². The van der Waals surface area contributed by atoms with Crippen molar-refractivity contribution in [1.29, 1.82) is 0 Å². The lowest BCUT2D eigenvalue weighted by Crippen LogP contribution is -2.09. The van der Waals surface area contributed by atoms with E-state index >= 15 is 0 Å². The summed E-state index contributed by atoms with van der Waals surface area (Å²) in [5, 5.41) is 7.07. The highest BCUT2D eigenvalue weighted by Gasteiger charge is 2.30. The number of anilines is 1. The molecule has 0 spiro atoms. The van der Waals surface area contributed by atoms with Crippen molar-refractivity contribution in [1.82, 2.24) is 9.78 Å². The zero-order valence-electron chi connectivity index (χ0n) is 11.2. The number of halogens is 4. The first-order valence-electron chi connectivity index (χ1n) is 6.48. The molecule has 0 aliphatic rings. The lowest BCUT2D eigenvalue weighted by molar-refractivity contribution is -0.137. The van der Waals surface area contributed by atoms with Crippen LogP contribution in [-0.4, -0.2) is 23.0 Å². The molecule has 0 saturated carbocycles. The fourth-order valence-corrected chi connectivity index (χ4v) is 1.91. The van der Waals surface area contributed by atoms with Crippen LogP contribution in [0.4, 0.5) is 23.4 Å². The molecule has 0 radical (unpaired) electrons. The topological polar surface area (TPSA) is 29.9 Å². The minimum Gasteiger partial charge on any atom is -0.368 e. The van der Waals surface area contributed by atoms with Crippen LogP contribution in [0.1, 0.15) is 11.1 Å². The van der Waals surface area contributed by atoms with Gasteiger partial charge in [-0.1, -0.05) is 18.2 Å². The molecular formula is C14H15F4N3. The van der Waals surface area contributed by atoms with E-state index in [2.05, 4.69) is 10.4 Å². The van der Waals surface area contributed by atoms with Crippen LogP contribution in [0.15, 0.2) is 36.5 Å². The molecule has 2 aromatic rings. The highest BCUT2D eigenvalue weighted by molar-refractivity contribution is 5.33. The Kier molecular flexibility index (Phi) is 4.82. The molecule has 0 bridgehead atoms. The molecule has 0 atom stereocenters. The Morgan fingerprint density at radius 1 is 1.19 bits per heavy atom. The summed E-state index contributed by atoms with van der Waals surface area (Å²) in [6.45, 7) is 0.147. The van der Waals surface area contributed by atoms with Gasteiger partial charge in [-0.15, -0.1) is 0 Å². The second kappa shape index (κ2) is 6.60. The van der Waals surface area contributed by atoms with Gasteiger partial charge in [-0.2, -0.15) is 18.3 Å². The van der Waals surface area contributed by atoms with E-state index < -0.39 is 18.4 Å². The zero-order valence-corrected chi connectivity index (χ0v) is 11.2. The third kappa shape index (κ3) is 4.47. The summed E-state index contributed by atoms with van der Waals surface area (Å²) < 4.78 is 51.3. The van der Waals surface area contributed by atoms with E-state index in [1.54, 1.807) is 18.3 Å². The van der Waals surface area contributed by atoms with Crippen molar-refractivity contribution < 1.29 is 17.6 Å². The zero-order chi connectivity index (χ0) is 15.3. The van der Waals surface area contributed by atoms with Crippen molar-refractivity contribution in [3.05, 3.63) is 47.7 Å². The first kappa shape index (κ1) is 15.3. The van der Waals surface area contributed by atoms with Crippen LogP contribution in [0.3, 0.4) is 0 Å². The summed E-state index contributed by atoms with van der Waals surface area (Å²) >= 11 is 0. The van der Waals surface area contributed by atoms with E-state index in [1.807, 2.05) is 0 Å². The Morgan fingerprint density at radius 2 is 2.00 bits per heavy atom. The number of hydrogen-bond donors (Lipinski definition) is 1. The minimum absolute atomic E-state index is 0.190. The lowest BCUT2D eigenvalue weighted by Gasteiger charge is -2.09. The molecule has 0 amide bonds. The number of aryl methyl sites for hydroxylation is 1. The second-order valence-electron chi connectivity index (χ2n) is 4.53. The quantitative estimate of drug-likeness (QED) is 0.827. The molecule has 1 aromatic carbocycles. The largest absolute Gasteiger partial charge is 0.416 e. The Bertz CT molecular complexity index is 578. The first-order chi connectivity index (χ1) is 9.99. The molecule has 21 heavy (non-hydrogen) atoms. The molecule has 0 aliphatic heterocycles. The van der Waals surface area contributed by atoms with Crippen LogP contribution < -0.4 is 5.32 Å². The van der Waals surface area contributed by atoms with Gasteiger partial charge in [0, 0.05) is 18.8 Å². The molecule has 0 fully saturated rings. The third-order valence-corrected chi connectivity index (χ3v) is 2.93. The fourth-order valence-electron chi connectivity index (χ4n) is 1.91. The maximum Gasteiger partial charge on any atom is 0.416 e. The van der Waals surface area contributed by atoms with Gasteiger partial charge in [0.05, 0.1) is 12.1 Å². The SMILES string of the molecule is FCCn1ccc(NCCc2cccc(C(F)(F)F)c2)n1. The summed E-state index contributed by atoms with van der Waals surface area (Å²) in [6, 6.07) is 6.94. The summed E-state index contributed by atoms with van der Waals surface area (Å²) in [7, 11) is 0. The van der Waals surface area contributed by atoms with Crippen LogP contribution in [0.5, 0.6) is 0 Å². The second-order valence-corrected chi connectivity index (χ2v) is 4.53. The van der Waals surface area contributed by atoms with E-state index in [4.69, 9.17) is 0 Å². The van der Waals surface area contributed by atoms with Crippen LogP contribution in [0.25, 0.3) is 0 Å². The number of rotatable bonds is 6. The summed E-state index contributed by atoms with van der Waals surface area (Å²) in [5.41, 5.74) is -0.0484. The van der Waals surface area contributed by atoms with Crippen molar-refractivity contribution >= 4 is 5.82 Å². The monoisotopic (exact) mass is 301 g/mol. The smallest absolute Gasteiger partial charge is 0.368 e. The van der Waals surface area contributed by atoms with Gasteiger partial charge in [0.25, 0.3) is 0 Å². The molecule has 0 saturated heterocycles. The molecule has 2 rings (SSSR count). The van der Waals surface area contributed by atoms with E-state index in [9.17, 15) is 17.6 Å². The van der Waals surface area contributed by atoms with E-state index in [0.717, 1.165) is 12.1 Å². The van der Waals surface area contributed by atoms with Gasteiger partial charge in [0.2, 0.25) is 0 Å². The molecule has 1 N–H and O–H groups in total. The molecule has 0 unspecified atom stereocenters. The van der Waals surface area contributed by atoms with Gasteiger partial charge >= 0.3 is 6.18 Å². The molecule has 7 heteroatoms. The third-order valence-electron chi connectivity index (χ3n) is 2.93. The van der Waals surface area contributed by atoms with Gasteiger partial charge in [0.1, 0.15) is 12.5 Å². The number of aromatic nitrogens is 2. The van der Waals surface area contributed by atoms with Gasteiger partial charge in [-0.05, 0) is 18.1 Å². The molecule has 1 heterocycles. The van der Waals surface area contributed by atoms with Crippen molar-refractivity contribution in [2.45, 2.75) is 19.1 Å². The molecular weight excluding hydrogens is 286 g/mol. The number of nitrogens with one attached hydrogen (secondary N) is 1. The average molecular weight is 301 g/mol. The van der Waals surface area contributed by atoms with Crippen LogP contribution >= 0.6 is 0 Å². The highest BCUT2D eigenvalue weighted by atomic mass is 19.4. The van der Waals surface area contributed by atoms with Crippen molar-refractivity contribution in [2.75, 3.05) is 18.5 Å². The summed E-state index contributed by atoms with van der Waals surface area (Å²) in [5.74, 6) is 0.579. The predicted molar refractivity (Wildman–Crippen MR) is 71.8 cm³/mol. The Balaban J connectivity index is 1.88. The van der Waals surface area contributed by atoms with Crippen molar-refractivity contribution in [3.63, 3.8) is 0 Å². The summed E-state index contributed by atoms with van der Waals surface area (Å²) in [4.78, 5) is 0. The van der Waals surface area contributed by atoms with Gasteiger partial charge in [-0.3, -0.25) is 4.68 Å². The molecule has 0 aliphatic carbocycles.